The second-order valence-corrected chi connectivity index (χ2v) is 5.76. The van der Waals surface area contributed by atoms with Crippen LogP contribution in [0.2, 0.25) is 0 Å². The van der Waals surface area contributed by atoms with Crippen LogP contribution in [0.15, 0.2) is 30.5 Å². The number of aliphatic hydroxyl groups is 2. The average Bonchev–Trinajstić information content (AvgIpc) is 2.59. The number of aromatic nitrogens is 2. The van der Waals surface area contributed by atoms with Gasteiger partial charge in [-0.15, -0.1) is 0 Å². The summed E-state index contributed by atoms with van der Waals surface area (Å²) < 4.78 is 0. The third-order valence-corrected chi connectivity index (χ3v) is 4.08. The minimum Gasteiger partial charge on any atom is -0.395 e. The van der Waals surface area contributed by atoms with Gasteiger partial charge in [-0.25, -0.2) is 4.98 Å². The minimum absolute atomic E-state index is 0.0519. The van der Waals surface area contributed by atoms with E-state index in [-0.39, 0.29) is 6.61 Å². The number of hydrogen-bond donors (Lipinski definition) is 3. The van der Waals surface area contributed by atoms with Gasteiger partial charge in [0.05, 0.1) is 12.7 Å². The monoisotopic (exact) mass is 314 g/mol. The topological polar surface area (TPSA) is 81.5 Å². The molecule has 1 aromatic heterocycles. The summed E-state index contributed by atoms with van der Waals surface area (Å²) in [6, 6.07) is 8.09. The smallest absolute Gasteiger partial charge is 0.224 e. The molecular formula is C17H22N4O2. The highest BCUT2D eigenvalue weighted by molar-refractivity contribution is 5.47. The van der Waals surface area contributed by atoms with Crippen LogP contribution in [0.3, 0.4) is 0 Å². The van der Waals surface area contributed by atoms with Crippen molar-refractivity contribution in [2.75, 3.05) is 29.9 Å². The van der Waals surface area contributed by atoms with Gasteiger partial charge in [0.15, 0.2) is 0 Å². The molecule has 0 aliphatic carbocycles. The second kappa shape index (κ2) is 6.93. The van der Waals surface area contributed by atoms with Gasteiger partial charge in [-0.2, -0.15) is 4.98 Å². The third-order valence-electron chi connectivity index (χ3n) is 4.08. The van der Waals surface area contributed by atoms with Gasteiger partial charge in [0.2, 0.25) is 5.95 Å². The normalized spacial score (nSPS) is 15.2. The van der Waals surface area contributed by atoms with E-state index in [1.165, 1.54) is 11.1 Å². The Labute approximate surface area is 135 Å². The van der Waals surface area contributed by atoms with Gasteiger partial charge in [0, 0.05) is 25.8 Å². The van der Waals surface area contributed by atoms with Crippen molar-refractivity contribution in [3.05, 3.63) is 47.2 Å². The van der Waals surface area contributed by atoms with Crippen molar-refractivity contribution in [3.8, 4) is 0 Å². The van der Waals surface area contributed by atoms with Crippen LogP contribution in [-0.4, -0.2) is 39.9 Å². The molecule has 0 spiro atoms. The lowest BCUT2D eigenvalue weighted by Gasteiger charge is -2.30. The number of aliphatic hydroxyl groups excluding tert-OH is 2. The molecule has 23 heavy (non-hydrogen) atoms. The van der Waals surface area contributed by atoms with E-state index in [4.69, 9.17) is 5.11 Å². The average molecular weight is 314 g/mol. The number of nitrogens with one attached hydrogen (secondary N) is 1. The Morgan fingerprint density at radius 3 is 2.96 bits per heavy atom. The molecule has 0 bridgehead atoms. The summed E-state index contributed by atoms with van der Waals surface area (Å²) >= 11 is 0. The SMILES string of the molecule is C[C@H](O)c1ccc2c(c1)CCN(c1ccnc(NCCO)n1)C2. The second-order valence-electron chi connectivity index (χ2n) is 5.76. The van der Waals surface area contributed by atoms with E-state index in [9.17, 15) is 5.11 Å². The van der Waals surface area contributed by atoms with E-state index in [2.05, 4.69) is 32.3 Å². The molecule has 6 heteroatoms. The van der Waals surface area contributed by atoms with Crippen molar-refractivity contribution >= 4 is 11.8 Å². The van der Waals surface area contributed by atoms with Gasteiger partial charge in [0.1, 0.15) is 5.82 Å². The highest BCUT2D eigenvalue weighted by atomic mass is 16.3. The lowest BCUT2D eigenvalue weighted by Crippen LogP contribution is -2.31. The van der Waals surface area contributed by atoms with Crippen LogP contribution in [0.4, 0.5) is 11.8 Å². The number of rotatable bonds is 5. The number of fused-ring (bicyclic) bond motifs is 1. The lowest BCUT2D eigenvalue weighted by atomic mass is 9.96. The van der Waals surface area contributed by atoms with Crippen LogP contribution in [0.1, 0.15) is 29.7 Å². The largest absolute Gasteiger partial charge is 0.395 e. The standard InChI is InChI=1S/C17H22N4O2/c1-12(23)13-2-3-15-11-21(8-5-14(15)10-13)16-4-6-18-17(20-16)19-7-9-22/h2-4,6,10,12,22-23H,5,7-9,11H2,1H3,(H,18,19,20)/t12-/m0/s1. The molecule has 6 nitrogen and oxygen atoms in total. The molecule has 0 fully saturated rings. The molecular weight excluding hydrogens is 292 g/mol. The quantitative estimate of drug-likeness (QED) is 0.776. The first-order valence-electron chi connectivity index (χ1n) is 7.90. The molecule has 122 valence electrons. The molecule has 0 unspecified atom stereocenters. The molecule has 3 rings (SSSR count). The van der Waals surface area contributed by atoms with Crippen molar-refractivity contribution < 1.29 is 10.2 Å². The van der Waals surface area contributed by atoms with E-state index in [0.717, 1.165) is 30.9 Å². The Morgan fingerprint density at radius 1 is 1.30 bits per heavy atom. The number of anilines is 2. The Hall–Kier alpha value is -2.18. The zero-order valence-corrected chi connectivity index (χ0v) is 13.2. The van der Waals surface area contributed by atoms with Crippen LogP contribution in [0.5, 0.6) is 0 Å². The number of benzene rings is 1. The zero-order valence-electron chi connectivity index (χ0n) is 13.2. The summed E-state index contributed by atoms with van der Waals surface area (Å²) in [5, 5.41) is 21.6. The molecule has 1 atom stereocenters. The zero-order chi connectivity index (χ0) is 16.2. The summed E-state index contributed by atoms with van der Waals surface area (Å²) in [7, 11) is 0. The summed E-state index contributed by atoms with van der Waals surface area (Å²) in [5.74, 6) is 1.41. The Bertz CT molecular complexity index is 675. The van der Waals surface area contributed by atoms with E-state index in [1.807, 2.05) is 12.1 Å². The Balaban J connectivity index is 1.76. The molecule has 1 aromatic carbocycles. The molecule has 0 radical (unpaired) electrons. The third kappa shape index (κ3) is 3.60. The van der Waals surface area contributed by atoms with E-state index in [0.29, 0.717) is 12.5 Å². The summed E-state index contributed by atoms with van der Waals surface area (Å²) in [4.78, 5) is 10.9. The van der Waals surface area contributed by atoms with E-state index < -0.39 is 6.10 Å². The van der Waals surface area contributed by atoms with Crippen LogP contribution in [0, 0.1) is 0 Å². The highest BCUT2D eigenvalue weighted by Crippen LogP contribution is 2.26. The lowest BCUT2D eigenvalue weighted by molar-refractivity contribution is 0.199. The van der Waals surface area contributed by atoms with Crippen molar-refractivity contribution in [2.24, 2.45) is 0 Å². The highest BCUT2D eigenvalue weighted by Gasteiger charge is 2.18. The fourth-order valence-electron chi connectivity index (χ4n) is 2.81. The number of hydrogen-bond acceptors (Lipinski definition) is 6. The first kappa shape index (κ1) is 15.7. The van der Waals surface area contributed by atoms with E-state index >= 15 is 0 Å². The molecule has 2 aromatic rings. The molecule has 3 N–H and O–H groups in total. The van der Waals surface area contributed by atoms with Crippen molar-refractivity contribution in [3.63, 3.8) is 0 Å². The predicted molar refractivity (Wildman–Crippen MR) is 89.4 cm³/mol. The fourth-order valence-corrected chi connectivity index (χ4v) is 2.81. The first-order chi connectivity index (χ1) is 11.2. The van der Waals surface area contributed by atoms with Crippen molar-refractivity contribution in [2.45, 2.75) is 26.0 Å². The van der Waals surface area contributed by atoms with Gasteiger partial charge in [0.25, 0.3) is 0 Å². The maximum absolute atomic E-state index is 9.70. The fraction of sp³-hybridized carbons (Fsp3) is 0.412. The maximum atomic E-state index is 9.70. The molecule has 0 saturated heterocycles. The predicted octanol–water partition coefficient (Wildman–Crippen LogP) is 1.50. The first-order valence-corrected chi connectivity index (χ1v) is 7.90. The molecule has 1 aliphatic rings. The van der Waals surface area contributed by atoms with E-state index in [1.54, 1.807) is 13.1 Å². The molecule has 2 heterocycles. The van der Waals surface area contributed by atoms with Gasteiger partial charge in [-0.05, 0) is 36.1 Å². The van der Waals surface area contributed by atoms with Gasteiger partial charge < -0.3 is 20.4 Å². The van der Waals surface area contributed by atoms with Crippen LogP contribution >= 0.6 is 0 Å². The van der Waals surface area contributed by atoms with Gasteiger partial charge in [-0.3, -0.25) is 0 Å². The Morgan fingerprint density at radius 2 is 2.17 bits per heavy atom. The molecule has 0 amide bonds. The van der Waals surface area contributed by atoms with Crippen LogP contribution < -0.4 is 10.2 Å². The van der Waals surface area contributed by atoms with Gasteiger partial charge >= 0.3 is 0 Å². The minimum atomic E-state index is -0.430. The van der Waals surface area contributed by atoms with Crippen LogP contribution in [0.25, 0.3) is 0 Å². The molecule has 1 aliphatic heterocycles. The summed E-state index contributed by atoms with van der Waals surface area (Å²) in [6.07, 6.45) is 2.23. The van der Waals surface area contributed by atoms with Crippen molar-refractivity contribution in [1.82, 2.24) is 9.97 Å². The number of nitrogens with zero attached hydrogens (tertiary/aromatic N) is 3. The Kier molecular flexibility index (Phi) is 4.73. The molecule has 0 saturated carbocycles. The summed E-state index contributed by atoms with van der Waals surface area (Å²) in [5.41, 5.74) is 3.53. The van der Waals surface area contributed by atoms with Crippen molar-refractivity contribution in [1.29, 1.82) is 0 Å². The maximum Gasteiger partial charge on any atom is 0.224 e. The van der Waals surface area contributed by atoms with Gasteiger partial charge in [-0.1, -0.05) is 18.2 Å². The van der Waals surface area contributed by atoms with Crippen LogP contribution in [-0.2, 0) is 13.0 Å². The summed E-state index contributed by atoms with van der Waals surface area (Å²) in [6.45, 7) is 3.96.